The number of rotatable bonds is 18. The zero-order chi connectivity index (χ0) is 30.4. The number of carboxylic acids is 2. The molecule has 0 spiro atoms. The highest BCUT2D eigenvalue weighted by Gasteiger charge is 2.30. The van der Waals surface area contributed by atoms with Crippen LogP contribution in [-0.2, 0) is 25.7 Å². The SMILES string of the molecule is CCCCCN(Cc1ccc(OC(C(=O)O)c2ccccc2)cc1)C(=O)[C@H](CC(=O)O)NC(=O)C(CS)CC(C)C. The van der Waals surface area contributed by atoms with Crippen LogP contribution in [0.25, 0.3) is 0 Å². The average Bonchev–Trinajstić information content (AvgIpc) is 2.94. The van der Waals surface area contributed by atoms with Gasteiger partial charge in [-0.25, -0.2) is 4.79 Å². The van der Waals surface area contributed by atoms with Crippen molar-refractivity contribution in [2.45, 2.75) is 71.6 Å². The molecule has 0 fully saturated rings. The van der Waals surface area contributed by atoms with Gasteiger partial charge in [-0.05, 0) is 36.5 Å². The molecule has 0 heterocycles. The summed E-state index contributed by atoms with van der Waals surface area (Å²) in [6.07, 6.45) is 1.42. The number of nitrogens with one attached hydrogen (secondary N) is 1. The predicted octanol–water partition coefficient (Wildman–Crippen LogP) is 4.96. The highest BCUT2D eigenvalue weighted by Crippen LogP contribution is 2.23. The third kappa shape index (κ3) is 11.5. The molecule has 0 radical (unpaired) electrons. The summed E-state index contributed by atoms with van der Waals surface area (Å²) in [6, 6.07) is 14.2. The lowest BCUT2D eigenvalue weighted by Gasteiger charge is -2.29. The van der Waals surface area contributed by atoms with Crippen LogP contribution in [0.1, 0.15) is 70.1 Å². The molecule has 41 heavy (non-hydrogen) atoms. The number of ether oxygens (including phenoxy) is 1. The maximum absolute atomic E-state index is 13.6. The first-order valence-electron chi connectivity index (χ1n) is 14.0. The fourth-order valence-corrected chi connectivity index (χ4v) is 4.77. The van der Waals surface area contributed by atoms with E-state index in [0.29, 0.717) is 30.0 Å². The maximum atomic E-state index is 13.6. The number of carbonyl (C=O) groups is 4. The highest BCUT2D eigenvalue weighted by molar-refractivity contribution is 7.80. The smallest absolute Gasteiger partial charge is 0.349 e. The number of hydrogen-bond donors (Lipinski definition) is 4. The monoisotopic (exact) mass is 586 g/mol. The summed E-state index contributed by atoms with van der Waals surface area (Å²) in [6.45, 7) is 6.61. The third-order valence-electron chi connectivity index (χ3n) is 6.56. The van der Waals surface area contributed by atoms with Crippen molar-refractivity contribution < 1.29 is 34.1 Å². The van der Waals surface area contributed by atoms with Gasteiger partial charge in [0, 0.05) is 30.3 Å². The van der Waals surface area contributed by atoms with Crippen molar-refractivity contribution in [2.75, 3.05) is 12.3 Å². The van der Waals surface area contributed by atoms with E-state index in [1.807, 2.05) is 20.8 Å². The molecule has 0 aliphatic heterocycles. The van der Waals surface area contributed by atoms with Crippen molar-refractivity contribution >= 4 is 36.4 Å². The fraction of sp³-hybridized carbons (Fsp3) is 0.484. The van der Waals surface area contributed by atoms with Gasteiger partial charge in [-0.15, -0.1) is 0 Å². The van der Waals surface area contributed by atoms with E-state index in [4.69, 9.17) is 4.74 Å². The van der Waals surface area contributed by atoms with Gasteiger partial charge in [-0.2, -0.15) is 12.6 Å². The minimum atomic E-state index is -1.21. The quantitative estimate of drug-likeness (QED) is 0.143. The summed E-state index contributed by atoms with van der Waals surface area (Å²) in [5.74, 6) is -2.70. The molecule has 224 valence electrons. The topological polar surface area (TPSA) is 133 Å². The normalized spacial score (nSPS) is 13.2. The van der Waals surface area contributed by atoms with Crippen molar-refractivity contribution in [2.24, 2.45) is 11.8 Å². The minimum absolute atomic E-state index is 0.192. The molecule has 0 saturated carbocycles. The van der Waals surface area contributed by atoms with E-state index >= 15 is 0 Å². The molecule has 0 bridgehead atoms. The van der Waals surface area contributed by atoms with Crippen LogP contribution in [0.3, 0.4) is 0 Å². The molecule has 10 heteroatoms. The number of carboxylic acid groups (broad SMARTS) is 2. The van der Waals surface area contributed by atoms with E-state index < -0.39 is 42.3 Å². The Labute approximate surface area is 247 Å². The Balaban J connectivity index is 2.22. The lowest BCUT2D eigenvalue weighted by molar-refractivity contribution is -0.145. The second-order valence-corrected chi connectivity index (χ2v) is 10.9. The number of carbonyl (C=O) groups excluding carboxylic acids is 2. The van der Waals surface area contributed by atoms with Crippen LogP contribution in [0.15, 0.2) is 54.6 Å². The standard InChI is InChI=1S/C31H42N2O7S/c1-4-5-9-16-33(30(37)26(18-27(34)35)32-29(36)24(20-41)17-21(2)3)19-22-12-14-25(15-13-22)40-28(31(38)39)23-10-7-6-8-11-23/h6-8,10-15,21,24,26,28,41H,4-5,9,16-20H2,1-3H3,(H,32,36)(H,34,35)(H,38,39)/t24?,26-,28?/m0/s1. The molecule has 0 saturated heterocycles. The van der Waals surface area contributed by atoms with Gasteiger partial charge in [0.05, 0.1) is 6.42 Å². The summed E-state index contributed by atoms with van der Waals surface area (Å²) < 4.78 is 5.74. The summed E-state index contributed by atoms with van der Waals surface area (Å²) in [7, 11) is 0. The first-order valence-corrected chi connectivity index (χ1v) is 14.6. The van der Waals surface area contributed by atoms with E-state index in [9.17, 15) is 29.4 Å². The van der Waals surface area contributed by atoms with Crippen molar-refractivity contribution in [1.29, 1.82) is 0 Å². The van der Waals surface area contributed by atoms with Crippen LogP contribution in [0, 0.1) is 11.8 Å². The summed E-state index contributed by atoms with van der Waals surface area (Å²) >= 11 is 4.28. The van der Waals surface area contributed by atoms with Gasteiger partial charge in [0.15, 0.2) is 0 Å². The number of thiol groups is 1. The van der Waals surface area contributed by atoms with E-state index in [1.165, 1.54) is 0 Å². The molecule has 2 unspecified atom stereocenters. The van der Waals surface area contributed by atoms with Crippen molar-refractivity contribution in [1.82, 2.24) is 10.2 Å². The van der Waals surface area contributed by atoms with Gasteiger partial charge in [0.2, 0.25) is 17.9 Å². The Kier molecular flexibility index (Phi) is 14.2. The molecule has 0 aliphatic rings. The highest BCUT2D eigenvalue weighted by atomic mass is 32.1. The van der Waals surface area contributed by atoms with E-state index in [1.54, 1.807) is 59.5 Å². The first-order chi connectivity index (χ1) is 19.5. The van der Waals surface area contributed by atoms with Crippen LogP contribution in [-0.4, -0.2) is 57.2 Å². The van der Waals surface area contributed by atoms with Gasteiger partial charge in [-0.1, -0.05) is 76.1 Å². The minimum Gasteiger partial charge on any atom is -0.481 e. The van der Waals surface area contributed by atoms with Crippen LogP contribution >= 0.6 is 12.6 Å². The molecule has 2 aromatic carbocycles. The molecule has 0 aromatic heterocycles. The number of benzene rings is 2. The molecular weight excluding hydrogens is 544 g/mol. The van der Waals surface area contributed by atoms with Crippen LogP contribution < -0.4 is 10.1 Å². The Morgan fingerprint density at radius 2 is 1.63 bits per heavy atom. The Morgan fingerprint density at radius 3 is 2.17 bits per heavy atom. The van der Waals surface area contributed by atoms with Gasteiger partial charge in [0.1, 0.15) is 11.8 Å². The van der Waals surface area contributed by atoms with Gasteiger partial charge >= 0.3 is 11.9 Å². The van der Waals surface area contributed by atoms with Crippen molar-refractivity contribution in [3.8, 4) is 5.75 Å². The van der Waals surface area contributed by atoms with Crippen LogP contribution in [0.5, 0.6) is 5.75 Å². The molecule has 0 aliphatic carbocycles. The zero-order valence-electron chi connectivity index (χ0n) is 24.0. The first kappa shape index (κ1) is 33.7. The number of aliphatic carboxylic acids is 2. The second kappa shape index (κ2) is 17.3. The maximum Gasteiger partial charge on any atom is 0.349 e. The molecule has 2 rings (SSSR count). The number of nitrogens with zero attached hydrogens (tertiary/aromatic N) is 1. The lowest BCUT2D eigenvalue weighted by atomic mass is 9.97. The summed E-state index contributed by atoms with van der Waals surface area (Å²) in [5, 5.41) is 21.8. The van der Waals surface area contributed by atoms with Crippen LogP contribution in [0.2, 0.25) is 0 Å². The Bertz CT molecular complexity index is 1130. The summed E-state index contributed by atoms with van der Waals surface area (Å²) in [4.78, 5) is 51.6. The Morgan fingerprint density at radius 1 is 0.976 bits per heavy atom. The van der Waals surface area contributed by atoms with E-state index in [-0.39, 0.29) is 18.4 Å². The van der Waals surface area contributed by atoms with Gasteiger partial charge in [-0.3, -0.25) is 14.4 Å². The number of hydrogen-bond acceptors (Lipinski definition) is 6. The largest absolute Gasteiger partial charge is 0.481 e. The van der Waals surface area contributed by atoms with Gasteiger partial charge < -0.3 is 25.2 Å². The molecule has 2 aromatic rings. The fourth-order valence-electron chi connectivity index (χ4n) is 4.46. The van der Waals surface area contributed by atoms with Crippen LogP contribution in [0.4, 0.5) is 0 Å². The molecule has 9 nitrogen and oxygen atoms in total. The number of amides is 2. The van der Waals surface area contributed by atoms with E-state index in [2.05, 4.69) is 17.9 Å². The Hall–Kier alpha value is -3.53. The van der Waals surface area contributed by atoms with Crippen molar-refractivity contribution in [3.63, 3.8) is 0 Å². The van der Waals surface area contributed by atoms with Crippen molar-refractivity contribution in [3.05, 3.63) is 65.7 Å². The second-order valence-electron chi connectivity index (χ2n) is 10.5. The molecular formula is C31H42N2O7S. The predicted molar refractivity (Wildman–Crippen MR) is 160 cm³/mol. The third-order valence-corrected chi connectivity index (χ3v) is 7.00. The average molecular weight is 587 g/mol. The van der Waals surface area contributed by atoms with E-state index in [0.717, 1.165) is 24.8 Å². The van der Waals surface area contributed by atoms with Gasteiger partial charge in [0.25, 0.3) is 0 Å². The summed E-state index contributed by atoms with van der Waals surface area (Å²) in [5.41, 5.74) is 1.26. The molecule has 3 N–H and O–H groups in total. The number of unbranched alkanes of at least 4 members (excludes halogenated alkanes) is 2. The molecule has 2 amide bonds. The molecule has 3 atom stereocenters. The lowest BCUT2D eigenvalue weighted by Crippen LogP contribution is -2.51. The zero-order valence-corrected chi connectivity index (χ0v) is 24.9.